The fourth-order valence-corrected chi connectivity index (χ4v) is 3.42. The van der Waals surface area contributed by atoms with Crippen LogP contribution in [0.15, 0.2) is 55.0 Å². The summed E-state index contributed by atoms with van der Waals surface area (Å²) in [5.74, 6) is -0.272. The Balaban J connectivity index is 1.47. The fourth-order valence-electron chi connectivity index (χ4n) is 3.42. The van der Waals surface area contributed by atoms with E-state index >= 15 is 0 Å². The lowest BCUT2D eigenvalue weighted by molar-refractivity contribution is -0.0261. The number of benzene rings is 1. The summed E-state index contributed by atoms with van der Waals surface area (Å²) in [5.41, 5.74) is 4.58. The van der Waals surface area contributed by atoms with Crippen molar-refractivity contribution < 1.29 is 14.6 Å². The third kappa shape index (κ3) is 4.52. The van der Waals surface area contributed by atoms with Crippen LogP contribution in [0.25, 0.3) is 5.69 Å². The molecule has 3 aromatic rings. The number of nitrogens with one attached hydrogen (secondary N) is 1. The van der Waals surface area contributed by atoms with Gasteiger partial charge in [0.05, 0.1) is 24.4 Å². The Morgan fingerprint density at radius 3 is 2.90 bits per heavy atom. The summed E-state index contributed by atoms with van der Waals surface area (Å²) in [6.07, 6.45) is 5.98. The van der Waals surface area contributed by atoms with Crippen LogP contribution in [0, 0.1) is 6.92 Å². The van der Waals surface area contributed by atoms with Gasteiger partial charge in [0.1, 0.15) is 5.69 Å². The second kappa shape index (κ2) is 8.55. The van der Waals surface area contributed by atoms with Crippen LogP contribution in [-0.4, -0.2) is 51.1 Å². The number of ether oxygens (including phenoxy) is 1. The number of aryl methyl sites for hydroxylation is 1. The van der Waals surface area contributed by atoms with E-state index in [0.717, 1.165) is 22.4 Å². The van der Waals surface area contributed by atoms with Gasteiger partial charge in [-0.1, -0.05) is 12.1 Å². The number of hydrogen-bond acceptors (Lipinski definition) is 5. The van der Waals surface area contributed by atoms with Crippen molar-refractivity contribution in [3.63, 3.8) is 0 Å². The van der Waals surface area contributed by atoms with Gasteiger partial charge in [-0.2, -0.15) is 5.10 Å². The van der Waals surface area contributed by atoms with Crippen molar-refractivity contribution in [2.45, 2.75) is 31.9 Å². The first-order chi connectivity index (χ1) is 14.1. The van der Waals surface area contributed by atoms with Gasteiger partial charge in [-0.3, -0.25) is 9.78 Å². The highest BCUT2D eigenvalue weighted by atomic mass is 16.5. The molecule has 2 unspecified atom stereocenters. The molecule has 1 amide bonds. The predicted octanol–water partition coefficient (Wildman–Crippen LogP) is 2.05. The lowest BCUT2D eigenvalue weighted by Crippen LogP contribution is -2.48. The zero-order valence-corrected chi connectivity index (χ0v) is 16.3. The molecule has 150 valence electrons. The van der Waals surface area contributed by atoms with Gasteiger partial charge in [0.15, 0.2) is 0 Å². The molecule has 2 atom stereocenters. The minimum atomic E-state index is -0.689. The van der Waals surface area contributed by atoms with Crippen LogP contribution in [0.5, 0.6) is 0 Å². The van der Waals surface area contributed by atoms with Crippen LogP contribution in [0.2, 0.25) is 0 Å². The quantitative estimate of drug-likeness (QED) is 0.694. The molecule has 1 fully saturated rings. The number of aliphatic hydroxyl groups excluding tert-OH is 1. The molecule has 1 aliphatic heterocycles. The predicted molar refractivity (Wildman–Crippen MR) is 108 cm³/mol. The topological polar surface area (TPSA) is 89.3 Å². The van der Waals surface area contributed by atoms with Crippen molar-refractivity contribution in [2.75, 3.05) is 13.2 Å². The molecule has 0 aliphatic carbocycles. The molecular formula is C22H24N4O3. The molecule has 0 saturated carbocycles. The molecule has 7 heteroatoms. The summed E-state index contributed by atoms with van der Waals surface area (Å²) in [7, 11) is 0. The Kier molecular flexibility index (Phi) is 5.69. The molecule has 29 heavy (non-hydrogen) atoms. The Bertz CT molecular complexity index is 970. The summed E-state index contributed by atoms with van der Waals surface area (Å²) in [4.78, 5) is 16.9. The van der Waals surface area contributed by atoms with Crippen molar-refractivity contribution >= 4 is 5.91 Å². The van der Waals surface area contributed by atoms with Crippen molar-refractivity contribution in [1.82, 2.24) is 20.1 Å². The van der Waals surface area contributed by atoms with Gasteiger partial charge >= 0.3 is 0 Å². The molecule has 3 heterocycles. The maximum Gasteiger partial charge on any atom is 0.270 e. The Labute approximate surface area is 169 Å². The van der Waals surface area contributed by atoms with E-state index < -0.39 is 6.10 Å². The lowest BCUT2D eigenvalue weighted by Gasteiger charge is -2.28. The molecular weight excluding hydrogens is 368 g/mol. The van der Waals surface area contributed by atoms with Gasteiger partial charge in [0, 0.05) is 25.2 Å². The number of hydrogen-bond donors (Lipinski definition) is 2. The van der Waals surface area contributed by atoms with Crippen molar-refractivity contribution in [3.05, 3.63) is 77.4 Å². The van der Waals surface area contributed by atoms with Crippen molar-refractivity contribution in [3.8, 4) is 5.69 Å². The standard InChI is InChI=1S/C22H24N4O3/c1-15-13-23-20(22(28)25-19-7-10-29-14-21(19)27)12-17(15)11-16-3-5-18(6-4-16)26-9-2-8-24-26/h2-6,8-9,12-13,19,21,27H,7,10-11,14H2,1H3,(H,25,28). The SMILES string of the molecule is Cc1cnc(C(=O)NC2CCOCC2O)cc1Cc1ccc(-n2cccn2)cc1. The number of aliphatic hydroxyl groups is 1. The highest BCUT2D eigenvalue weighted by molar-refractivity contribution is 5.92. The molecule has 1 aliphatic rings. The number of carbonyl (C=O) groups excluding carboxylic acids is 1. The third-order valence-electron chi connectivity index (χ3n) is 5.19. The average Bonchev–Trinajstić information content (AvgIpc) is 3.27. The summed E-state index contributed by atoms with van der Waals surface area (Å²) in [6, 6.07) is 11.6. The molecule has 0 bridgehead atoms. The van der Waals surface area contributed by atoms with Crippen LogP contribution in [0.3, 0.4) is 0 Å². The smallest absolute Gasteiger partial charge is 0.270 e. The summed E-state index contributed by atoms with van der Waals surface area (Å²) in [5, 5.41) is 17.1. The first-order valence-electron chi connectivity index (χ1n) is 9.71. The number of aromatic nitrogens is 3. The highest BCUT2D eigenvalue weighted by Crippen LogP contribution is 2.17. The van der Waals surface area contributed by atoms with E-state index in [1.54, 1.807) is 12.4 Å². The number of rotatable bonds is 5. The molecule has 2 aromatic heterocycles. The summed E-state index contributed by atoms with van der Waals surface area (Å²) < 4.78 is 7.02. The molecule has 7 nitrogen and oxygen atoms in total. The number of amides is 1. The second-order valence-electron chi connectivity index (χ2n) is 7.30. The van der Waals surface area contributed by atoms with Crippen molar-refractivity contribution in [2.24, 2.45) is 0 Å². The lowest BCUT2D eigenvalue weighted by atomic mass is 10.0. The van der Waals surface area contributed by atoms with Gasteiger partial charge in [0.25, 0.3) is 5.91 Å². The molecule has 2 N–H and O–H groups in total. The fraction of sp³-hybridized carbons (Fsp3) is 0.318. The summed E-state index contributed by atoms with van der Waals surface area (Å²) in [6.45, 7) is 2.76. The highest BCUT2D eigenvalue weighted by Gasteiger charge is 2.26. The zero-order valence-electron chi connectivity index (χ0n) is 16.3. The van der Waals surface area contributed by atoms with E-state index in [4.69, 9.17) is 4.74 Å². The minimum Gasteiger partial charge on any atom is -0.389 e. The molecule has 0 spiro atoms. The molecule has 1 aromatic carbocycles. The first kappa shape index (κ1) is 19.3. The van der Waals surface area contributed by atoms with Crippen LogP contribution >= 0.6 is 0 Å². The van der Waals surface area contributed by atoms with Crippen LogP contribution in [-0.2, 0) is 11.2 Å². The van der Waals surface area contributed by atoms with Crippen LogP contribution < -0.4 is 5.32 Å². The molecule has 1 saturated heterocycles. The van der Waals surface area contributed by atoms with Gasteiger partial charge in [0.2, 0.25) is 0 Å². The third-order valence-corrected chi connectivity index (χ3v) is 5.19. The van der Waals surface area contributed by atoms with Crippen LogP contribution in [0.4, 0.5) is 0 Å². The summed E-state index contributed by atoms with van der Waals surface area (Å²) >= 11 is 0. The first-order valence-corrected chi connectivity index (χ1v) is 9.71. The molecule has 0 radical (unpaired) electrons. The zero-order chi connectivity index (χ0) is 20.2. The largest absolute Gasteiger partial charge is 0.389 e. The minimum absolute atomic E-state index is 0.242. The monoisotopic (exact) mass is 392 g/mol. The maximum atomic E-state index is 12.6. The van der Waals surface area contributed by atoms with Crippen LogP contribution in [0.1, 0.15) is 33.6 Å². The van der Waals surface area contributed by atoms with E-state index in [-0.39, 0.29) is 18.6 Å². The van der Waals surface area contributed by atoms with Gasteiger partial charge in [-0.25, -0.2) is 4.68 Å². The van der Waals surface area contributed by atoms with Gasteiger partial charge in [-0.05, 0) is 60.7 Å². The van der Waals surface area contributed by atoms with E-state index in [9.17, 15) is 9.90 Å². The number of carbonyl (C=O) groups is 1. The van der Waals surface area contributed by atoms with E-state index in [0.29, 0.717) is 25.1 Å². The maximum absolute atomic E-state index is 12.6. The van der Waals surface area contributed by atoms with E-state index in [1.807, 2.05) is 42.1 Å². The Morgan fingerprint density at radius 1 is 1.34 bits per heavy atom. The van der Waals surface area contributed by atoms with E-state index in [2.05, 4.69) is 27.5 Å². The van der Waals surface area contributed by atoms with Crippen molar-refractivity contribution in [1.29, 1.82) is 0 Å². The van der Waals surface area contributed by atoms with Gasteiger partial charge < -0.3 is 15.2 Å². The normalized spacial score (nSPS) is 19.1. The number of nitrogens with zero attached hydrogens (tertiary/aromatic N) is 3. The average molecular weight is 392 g/mol. The van der Waals surface area contributed by atoms with Gasteiger partial charge in [-0.15, -0.1) is 0 Å². The van der Waals surface area contributed by atoms with E-state index in [1.165, 1.54) is 0 Å². The Hall–Kier alpha value is -3.03. The molecule has 4 rings (SSSR count). The number of pyridine rings is 1. The second-order valence-corrected chi connectivity index (χ2v) is 7.30. The Morgan fingerprint density at radius 2 is 2.17 bits per heavy atom.